The summed E-state index contributed by atoms with van der Waals surface area (Å²) in [6.45, 7) is 5.06. The van der Waals surface area contributed by atoms with Crippen LogP contribution in [0.2, 0.25) is 11.1 Å². The lowest BCUT2D eigenvalue weighted by Crippen LogP contribution is -2.58. The third-order valence-electron chi connectivity index (χ3n) is 11.8. The van der Waals surface area contributed by atoms with E-state index in [1.54, 1.807) is 44.9 Å². The Balaban J connectivity index is 1.37. The first-order chi connectivity index (χ1) is 17.7. The average Bonchev–Trinajstić information content (AvgIpc) is 3.67. The lowest BCUT2D eigenvalue weighted by molar-refractivity contribution is 0.0851. The molecule has 0 aromatic heterocycles. The first-order valence-corrected chi connectivity index (χ1v) is 21.0. The van der Waals surface area contributed by atoms with Crippen LogP contribution in [0.25, 0.3) is 0 Å². The Morgan fingerprint density at radius 2 is 1.42 bits per heavy atom. The van der Waals surface area contributed by atoms with Crippen LogP contribution in [0.1, 0.15) is 90.9 Å². The molecule has 2 aromatic rings. The highest BCUT2D eigenvalue weighted by molar-refractivity contribution is 7.34. The lowest BCUT2D eigenvalue weighted by atomic mass is 9.65. The van der Waals surface area contributed by atoms with Crippen LogP contribution in [0.4, 0.5) is 0 Å². The maximum Gasteiger partial charge on any atom is 0.0703 e. The summed E-state index contributed by atoms with van der Waals surface area (Å²) in [4.78, 5) is 0. The second-order valence-corrected chi connectivity index (χ2v) is 23.0. The normalized spacial score (nSPS) is 37.4. The molecule has 194 valence electrons. The quantitative estimate of drug-likeness (QED) is 0.319. The minimum atomic E-state index is -1.11. The molecule has 4 fully saturated rings. The van der Waals surface area contributed by atoms with E-state index in [0.29, 0.717) is 0 Å². The summed E-state index contributed by atoms with van der Waals surface area (Å²) in [5, 5.41) is 3.69. The SMILES string of the molecule is CCCCC1CCC([SiH](c2ccccc2)[SiH](c2ccccc2)C2CCC3C(C)C4CCCC4CC32)C1. The second kappa shape index (κ2) is 11.3. The molecule has 2 heteroatoms. The van der Waals surface area contributed by atoms with Crippen LogP contribution >= 0.6 is 0 Å². The fourth-order valence-corrected chi connectivity index (χ4v) is 27.1. The molecule has 0 heterocycles. The summed E-state index contributed by atoms with van der Waals surface area (Å²) < 4.78 is 0. The van der Waals surface area contributed by atoms with Crippen molar-refractivity contribution in [2.24, 2.45) is 35.5 Å². The smallest absolute Gasteiger partial charge is 0.0654 e. The highest BCUT2D eigenvalue weighted by Gasteiger charge is 2.53. The summed E-state index contributed by atoms with van der Waals surface area (Å²) in [6, 6.07) is 24.4. The molecule has 0 nitrogen and oxygen atoms in total. The van der Waals surface area contributed by atoms with Crippen molar-refractivity contribution in [2.45, 2.75) is 102 Å². The molecule has 10 atom stereocenters. The Morgan fingerprint density at radius 3 is 2.14 bits per heavy atom. The van der Waals surface area contributed by atoms with Crippen LogP contribution in [0.3, 0.4) is 0 Å². The summed E-state index contributed by atoms with van der Waals surface area (Å²) in [5.41, 5.74) is 2.11. The largest absolute Gasteiger partial charge is 0.0703 e. The first kappa shape index (κ1) is 25.2. The van der Waals surface area contributed by atoms with Crippen molar-refractivity contribution in [3.05, 3.63) is 60.7 Å². The molecule has 2 aromatic carbocycles. The van der Waals surface area contributed by atoms with E-state index < -0.39 is 16.6 Å². The molecule has 4 aliphatic carbocycles. The van der Waals surface area contributed by atoms with Crippen LogP contribution in [0, 0.1) is 35.5 Å². The highest BCUT2D eigenvalue weighted by Crippen LogP contribution is 2.59. The third kappa shape index (κ3) is 4.86. The molecule has 0 N–H and O–H groups in total. The van der Waals surface area contributed by atoms with E-state index in [1.165, 1.54) is 32.1 Å². The highest BCUT2D eigenvalue weighted by atomic mass is 29.2. The van der Waals surface area contributed by atoms with E-state index in [-0.39, 0.29) is 0 Å². The molecule has 0 radical (unpaired) electrons. The van der Waals surface area contributed by atoms with Gasteiger partial charge < -0.3 is 0 Å². The van der Waals surface area contributed by atoms with Gasteiger partial charge in [0.25, 0.3) is 0 Å². The Labute approximate surface area is 224 Å². The molecular weight excluding hydrogens is 465 g/mol. The van der Waals surface area contributed by atoms with Crippen LogP contribution in [0.15, 0.2) is 60.7 Å². The van der Waals surface area contributed by atoms with E-state index in [2.05, 4.69) is 74.5 Å². The van der Waals surface area contributed by atoms with Gasteiger partial charge in [-0.05, 0) is 65.9 Å². The summed E-state index contributed by atoms with van der Waals surface area (Å²) in [7, 11) is -2.20. The molecule has 0 spiro atoms. The van der Waals surface area contributed by atoms with Gasteiger partial charge >= 0.3 is 0 Å². The fourth-order valence-electron chi connectivity index (χ4n) is 10.3. The number of unbranched alkanes of at least 4 members (excludes halogenated alkanes) is 1. The topological polar surface area (TPSA) is 0 Å². The number of rotatable bonds is 8. The van der Waals surface area contributed by atoms with Gasteiger partial charge in [0.1, 0.15) is 0 Å². The Hall–Kier alpha value is -1.13. The van der Waals surface area contributed by atoms with Gasteiger partial charge in [-0.25, -0.2) is 0 Å². The van der Waals surface area contributed by atoms with Gasteiger partial charge in [0, 0.05) is 0 Å². The Bertz CT molecular complexity index is 958. The van der Waals surface area contributed by atoms with Crippen LogP contribution in [0.5, 0.6) is 0 Å². The average molecular weight is 515 g/mol. The van der Waals surface area contributed by atoms with Gasteiger partial charge in [-0.2, -0.15) is 0 Å². The molecule has 0 amide bonds. The minimum Gasteiger partial charge on any atom is -0.0654 e. The van der Waals surface area contributed by atoms with Gasteiger partial charge in [-0.1, -0.05) is 143 Å². The van der Waals surface area contributed by atoms with Gasteiger partial charge in [0.15, 0.2) is 0 Å². The Morgan fingerprint density at radius 1 is 0.694 bits per heavy atom. The Kier molecular flexibility index (Phi) is 7.91. The van der Waals surface area contributed by atoms with Gasteiger partial charge in [-0.15, -0.1) is 0 Å². The van der Waals surface area contributed by atoms with Crippen LogP contribution in [-0.2, 0) is 0 Å². The van der Waals surface area contributed by atoms with Crippen molar-refractivity contribution in [1.82, 2.24) is 0 Å². The number of benzene rings is 2. The minimum absolute atomic E-state index is 0.994. The van der Waals surface area contributed by atoms with Crippen molar-refractivity contribution in [2.75, 3.05) is 0 Å². The molecule has 36 heavy (non-hydrogen) atoms. The van der Waals surface area contributed by atoms with Gasteiger partial charge in [0.05, 0.1) is 16.6 Å². The molecule has 4 aliphatic rings. The van der Waals surface area contributed by atoms with Crippen molar-refractivity contribution >= 4 is 27.0 Å². The zero-order valence-corrected chi connectivity index (χ0v) is 25.3. The predicted octanol–water partition coefficient (Wildman–Crippen LogP) is 7.55. The molecule has 6 rings (SSSR count). The molecular formula is C34H50Si2. The van der Waals surface area contributed by atoms with Crippen molar-refractivity contribution in [3.63, 3.8) is 0 Å². The predicted molar refractivity (Wildman–Crippen MR) is 162 cm³/mol. The van der Waals surface area contributed by atoms with E-state index in [9.17, 15) is 0 Å². The summed E-state index contributed by atoms with van der Waals surface area (Å²) >= 11 is 0. The van der Waals surface area contributed by atoms with Crippen molar-refractivity contribution < 1.29 is 0 Å². The zero-order valence-electron chi connectivity index (χ0n) is 23.0. The maximum atomic E-state index is 2.68. The van der Waals surface area contributed by atoms with Gasteiger partial charge in [0.2, 0.25) is 0 Å². The lowest BCUT2D eigenvalue weighted by Gasteiger charge is -2.45. The maximum absolute atomic E-state index is 2.68. The third-order valence-corrected chi connectivity index (χ3v) is 26.1. The molecule has 0 bridgehead atoms. The molecule has 0 saturated heterocycles. The van der Waals surface area contributed by atoms with E-state index >= 15 is 0 Å². The summed E-state index contributed by atoms with van der Waals surface area (Å²) in [6.07, 6.45) is 18.3. The molecule has 4 saturated carbocycles. The van der Waals surface area contributed by atoms with Crippen molar-refractivity contribution in [1.29, 1.82) is 0 Å². The van der Waals surface area contributed by atoms with Crippen LogP contribution in [-0.4, -0.2) is 16.6 Å². The standard InChI is InChI=1S/C34H50Si2/c1-3-4-12-26-19-20-30(23-26)35(28-14-7-5-8-15-28)36(29-16-9-6-10-17-29)34-22-21-32-25(2)31-18-11-13-27(31)24-33(32)34/h5-10,14-17,25-27,30-36H,3-4,11-13,18-24H2,1-2H3. The van der Waals surface area contributed by atoms with Crippen molar-refractivity contribution in [3.8, 4) is 0 Å². The fraction of sp³-hybridized carbons (Fsp3) is 0.647. The number of fused-ring (bicyclic) bond motifs is 2. The second-order valence-electron chi connectivity index (χ2n) is 13.5. The number of hydrogen-bond acceptors (Lipinski definition) is 0. The van der Waals surface area contributed by atoms with Crippen LogP contribution < -0.4 is 10.4 Å². The molecule has 0 aliphatic heterocycles. The van der Waals surface area contributed by atoms with E-state index in [4.69, 9.17) is 0 Å². The zero-order chi connectivity index (χ0) is 24.5. The summed E-state index contributed by atoms with van der Waals surface area (Å²) in [5.74, 6) is 6.23. The van der Waals surface area contributed by atoms with E-state index in [0.717, 1.165) is 46.6 Å². The monoisotopic (exact) mass is 514 g/mol. The van der Waals surface area contributed by atoms with E-state index in [1.807, 2.05) is 10.4 Å². The number of hydrogen-bond donors (Lipinski definition) is 0. The first-order valence-electron chi connectivity index (χ1n) is 15.8. The molecule has 10 unspecified atom stereocenters. The van der Waals surface area contributed by atoms with Gasteiger partial charge in [-0.3, -0.25) is 0 Å².